The number of nitrogens with two attached hydrogens (primary N) is 1. The highest BCUT2D eigenvalue weighted by Gasteiger charge is 1.92. The summed E-state index contributed by atoms with van der Waals surface area (Å²) >= 11 is 5.67. The van der Waals surface area contributed by atoms with Gasteiger partial charge in [-0.15, -0.1) is 11.6 Å². The van der Waals surface area contributed by atoms with E-state index in [9.17, 15) is 0 Å². The molecule has 0 aliphatic carbocycles. The third kappa shape index (κ3) is 6.25. The van der Waals surface area contributed by atoms with Crippen molar-refractivity contribution in [3.8, 4) is 0 Å². The van der Waals surface area contributed by atoms with Crippen LogP contribution in [0.15, 0.2) is 0 Å². The summed E-state index contributed by atoms with van der Waals surface area (Å²) in [5.41, 5.74) is 5.27. The maximum absolute atomic E-state index is 5.67. The summed E-state index contributed by atoms with van der Waals surface area (Å²) in [4.78, 5) is 0. The van der Waals surface area contributed by atoms with Crippen molar-refractivity contribution in [1.29, 1.82) is 0 Å². The quantitative estimate of drug-likeness (QED) is 0.461. The molecule has 0 radical (unpaired) electrons. The van der Waals surface area contributed by atoms with Crippen LogP contribution in [0.2, 0.25) is 0 Å². The van der Waals surface area contributed by atoms with Gasteiger partial charge in [-0.3, -0.25) is 0 Å². The van der Waals surface area contributed by atoms with Crippen LogP contribution < -0.4 is 5.73 Å². The minimum atomic E-state index is 0.321. The fraction of sp³-hybridized carbons (Fsp3) is 1.00. The van der Waals surface area contributed by atoms with Gasteiger partial charge in [-0.25, -0.2) is 0 Å². The molecule has 2 heteroatoms. The summed E-state index contributed by atoms with van der Waals surface area (Å²) < 4.78 is 0. The first-order valence-corrected chi connectivity index (χ1v) is 3.55. The highest BCUT2D eigenvalue weighted by Crippen LogP contribution is 2.04. The topological polar surface area (TPSA) is 26.0 Å². The molecule has 50 valence electrons. The number of hydrogen-bond donors (Lipinski definition) is 1. The SMILES string of the molecule is CC(Cl)CCCCN. The lowest BCUT2D eigenvalue weighted by molar-refractivity contribution is 0.679. The Morgan fingerprint density at radius 2 is 2.12 bits per heavy atom. The Labute approximate surface area is 56.2 Å². The van der Waals surface area contributed by atoms with Gasteiger partial charge in [0.15, 0.2) is 0 Å². The van der Waals surface area contributed by atoms with Crippen molar-refractivity contribution in [1.82, 2.24) is 0 Å². The molecule has 0 aromatic rings. The van der Waals surface area contributed by atoms with Crippen molar-refractivity contribution in [3.05, 3.63) is 0 Å². The Bertz CT molecular complexity index is 45.8. The van der Waals surface area contributed by atoms with E-state index in [-0.39, 0.29) is 0 Å². The van der Waals surface area contributed by atoms with Crippen LogP contribution in [0.25, 0.3) is 0 Å². The zero-order valence-electron chi connectivity index (χ0n) is 5.36. The summed E-state index contributed by atoms with van der Waals surface area (Å²) in [5.74, 6) is 0. The summed E-state index contributed by atoms with van der Waals surface area (Å²) in [5, 5.41) is 0.321. The van der Waals surface area contributed by atoms with Crippen molar-refractivity contribution in [2.75, 3.05) is 6.54 Å². The van der Waals surface area contributed by atoms with Gasteiger partial charge >= 0.3 is 0 Å². The highest BCUT2D eigenvalue weighted by molar-refractivity contribution is 6.20. The summed E-state index contributed by atoms with van der Waals surface area (Å²) in [6.07, 6.45) is 3.37. The summed E-state index contributed by atoms with van der Waals surface area (Å²) in [6, 6.07) is 0. The molecule has 0 fully saturated rings. The monoisotopic (exact) mass is 135 g/mol. The second-order valence-corrected chi connectivity index (χ2v) is 2.81. The zero-order valence-corrected chi connectivity index (χ0v) is 6.12. The third-order valence-corrected chi connectivity index (χ3v) is 1.27. The highest BCUT2D eigenvalue weighted by atomic mass is 35.5. The molecule has 8 heavy (non-hydrogen) atoms. The van der Waals surface area contributed by atoms with E-state index in [2.05, 4.69) is 0 Å². The maximum Gasteiger partial charge on any atom is 0.0307 e. The molecule has 0 heterocycles. The van der Waals surface area contributed by atoms with Crippen LogP contribution in [-0.2, 0) is 0 Å². The molecule has 0 aromatic heterocycles. The van der Waals surface area contributed by atoms with Crippen molar-refractivity contribution in [2.24, 2.45) is 5.73 Å². The Morgan fingerprint density at radius 3 is 2.50 bits per heavy atom. The number of alkyl halides is 1. The van der Waals surface area contributed by atoms with E-state index >= 15 is 0 Å². The molecule has 2 N–H and O–H groups in total. The largest absolute Gasteiger partial charge is 0.330 e. The molecule has 0 amide bonds. The normalized spacial score (nSPS) is 13.9. The van der Waals surface area contributed by atoms with Gasteiger partial charge in [0.1, 0.15) is 0 Å². The molecule has 0 saturated carbocycles. The van der Waals surface area contributed by atoms with Gasteiger partial charge < -0.3 is 5.73 Å². The lowest BCUT2D eigenvalue weighted by atomic mass is 10.2. The van der Waals surface area contributed by atoms with Crippen LogP contribution in [0, 0.1) is 0 Å². The van der Waals surface area contributed by atoms with Gasteiger partial charge in [0, 0.05) is 5.38 Å². The lowest BCUT2D eigenvalue weighted by Crippen LogP contribution is -1.99. The molecule has 0 rings (SSSR count). The first-order chi connectivity index (χ1) is 3.77. The van der Waals surface area contributed by atoms with Gasteiger partial charge in [-0.1, -0.05) is 6.42 Å². The molecule has 1 atom stereocenters. The van der Waals surface area contributed by atoms with Crippen LogP contribution in [0.5, 0.6) is 0 Å². The van der Waals surface area contributed by atoms with Crippen molar-refractivity contribution >= 4 is 11.6 Å². The van der Waals surface area contributed by atoms with Gasteiger partial charge in [0.05, 0.1) is 0 Å². The molecule has 0 spiro atoms. The average molecular weight is 136 g/mol. The minimum absolute atomic E-state index is 0.321. The van der Waals surface area contributed by atoms with E-state index in [1.165, 1.54) is 6.42 Å². The molecule has 0 aliphatic rings. The zero-order chi connectivity index (χ0) is 6.41. The molecule has 1 unspecified atom stereocenters. The van der Waals surface area contributed by atoms with Gasteiger partial charge in [-0.2, -0.15) is 0 Å². The second kappa shape index (κ2) is 5.39. The van der Waals surface area contributed by atoms with Gasteiger partial charge in [0.25, 0.3) is 0 Å². The molecule has 0 bridgehead atoms. The fourth-order valence-corrected chi connectivity index (χ4v) is 0.724. The van der Waals surface area contributed by atoms with Crippen molar-refractivity contribution in [3.63, 3.8) is 0 Å². The smallest absolute Gasteiger partial charge is 0.0307 e. The van der Waals surface area contributed by atoms with Crippen LogP contribution >= 0.6 is 11.6 Å². The van der Waals surface area contributed by atoms with Crippen LogP contribution in [-0.4, -0.2) is 11.9 Å². The molecular weight excluding hydrogens is 122 g/mol. The lowest BCUT2D eigenvalue weighted by Gasteiger charge is -1.98. The van der Waals surface area contributed by atoms with Crippen molar-refractivity contribution < 1.29 is 0 Å². The van der Waals surface area contributed by atoms with Gasteiger partial charge in [0.2, 0.25) is 0 Å². The van der Waals surface area contributed by atoms with E-state index in [0.717, 1.165) is 19.4 Å². The number of rotatable bonds is 4. The molecule has 0 aliphatic heterocycles. The Balaban J connectivity index is 2.72. The summed E-state index contributed by atoms with van der Waals surface area (Å²) in [6.45, 7) is 2.81. The Kier molecular flexibility index (Phi) is 5.56. The molecule has 1 nitrogen and oxygen atoms in total. The van der Waals surface area contributed by atoms with Crippen LogP contribution in [0.3, 0.4) is 0 Å². The Hall–Kier alpha value is 0.250. The first-order valence-electron chi connectivity index (χ1n) is 3.11. The van der Waals surface area contributed by atoms with Crippen LogP contribution in [0.1, 0.15) is 26.2 Å². The second-order valence-electron chi connectivity index (χ2n) is 2.07. The van der Waals surface area contributed by atoms with Gasteiger partial charge in [-0.05, 0) is 26.3 Å². The number of unbranched alkanes of at least 4 members (excludes halogenated alkanes) is 1. The molecule has 0 aromatic carbocycles. The standard InChI is InChI=1S/C6H14ClN/c1-6(7)4-2-3-5-8/h6H,2-5,8H2,1H3. The first kappa shape index (κ1) is 8.25. The van der Waals surface area contributed by atoms with E-state index in [1.807, 2.05) is 6.92 Å². The molecule has 0 saturated heterocycles. The third-order valence-electron chi connectivity index (χ3n) is 1.06. The summed E-state index contributed by atoms with van der Waals surface area (Å²) in [7, 11) is 0. The molecular formula is C6H14ClN. The maximum atomic E-state index is 5.67. The van der Waals surface area contributed by atoms with E-state index < -0.39 is 0 Å². The van der Waals surface area contributed by atoms with E-state index in [4.69, 9.17) is 17.3 Å². The minimum Gasteiger partial charge on any atom is -0.330 e. The van der Waals surface area contributed by atoms with E-state index in [1.54, 1.807) is 0 Å². The predicted molar refractivity (Wildman–Crippen MR) is 38.2 cm³/mol. The predicted octanol–water partition coefficient (Wildman–Crippen LogP) is 1.74. The fourth-order valence-electron chi connectivity index (χ4n) is 0.570. The van der Waals surface area contributed by atoms with Crippen LogP contribution in [0.4, 0.5) is 0 Å². The number of hydrogen-bond acceptors (Lipinski definition) is 1. The average Bonchev–Trinajstić information content (AvgIpc) is 1.66. The number of halogens is 1. The Morgan fingerprint density at radius 1 is 1.50 bits per heavy atom. The van der Waals surface area contributed by atoms with E-state index in [0.29, 0.717) is 5.38 Å². The van der Waals surface area contributed by atoms with Crippen molar-refractivity contribution in [2.45, 2.75) is 31.6 Å².